The number of hydrogen-bond acceptors (Lipinski definition) is 5. The predicted octanol–water partition coefficient (Wildman–Crippen LogP) is 4.93. The molecule has 5 nitrogen and oxygen atoms in total. The molecular weight excluding hydrogens is 429 g/mol. The van der Waals surface area contributed by atoms with E-state index in [0.29, 0.717) is 36.9 Å². The normalized spacial score (nSPS) is 12.1. The Morgan fingerprint density at radius 1 is 0.966 bits per heavy atom. The number of halogens is 2. The van der Waals surface area contributed by atoms with Crippen molar-refractivity contribution in [2.45, 2.75) is 0 Å². The SMILES string of the molecule is O=c1c(=Cc2ccc(-c3cc(Cl)cc(Cl)c3)o2)sc2nc(-c3ccccc3)nn12. The summed E-state index contributed by atoms with van der Waals surface area (Å²) in [5, 5.41) is 5.39. The summed E-state index contributed by atoms with van der Waals surface area (Å²) in [4.78, 5) is 17.7. The Bertz CT molecular complexity index is 1430. The molecule has 0 saturated heterocycles. The van der Waals surface area contributed by atoms with E-state index >= 15 is 0 Å². The molecule has 0 spiro atoms. The van der Waals surface area contributed by atoms with E-state index in [2.05, 4.69) is 10.1 Å². The maximum absolute atomic E-state index is 12.7. The molecule has 0 amide bonds. The van der Waals surface area contributed by atoms with Crippen molar-refractivity contribution >= 4 is 45.6 Å². The van der Waals surface area contributed by atoms with Crippen molar-refractivity contribution in [2.24, 2.45) is 0 Å². The molecule has 0 radical (unpaired) electrons. The third-order valence-corrected chi connectivity index (χ3v) is 5.66. The van der Waals surface area contributed by atoms with Crippen molar-refractivity contribution in [3.8, 4) is 22.7 Å². The van der Waals surface area contributed by atoms with Crippen LogP contribution >= 0.6 is 34.5 Å². The number of aromatic nitrogens is 3. The summed E-state index contributed by atoms with van der Waals surface area (Å²) >= 11 is 13.4. The van der Waals surface area contributed by atoms with E-state index < -0.39 is 0 Å². The van der Waals surface area contributed by atoms with Crippen molar-refractivity contribution in [3.05, 3.63) is 91.4 Å². The molecule has 142 valence electrons. The van der Waals surface area contributed by atoms with Gasteiger partial charge in [0.2, 0.25) is 4.96 Å². The number of rotatable bonds is 3. The minimum atomic E-state index is -0.233. The average Bonchev–Trinajstić information content (AvgIpc) is 3.40. The molecule has 3 aromatic heterocycles. The van der Waals surface area contributed by atoms with Gasteiger partial charge in [0.15, 0.2) is 5.82 Å². The Hall–Kier alpha value is -2.93. The maximum Gasteiger partial charge on any atom is 0.291 e. The van der Waals surface area contributed by atoms with Crippen molar-refractivity contribution in [3.63, 3.8) is 0 Å². The fourth-order valence-corrected chi connectivity index (χ4v) is 4.37. The molecule has 0 unspecified atom stereocenters. The minimum Gasteiger partial charge on any atom is -0.457 e. The molecule has 2 aromatic carbocycles. The highest BCUT2D eigenvalue weighted by Crippen LogP contribution is 2.28. The van der Waals surface area contributed by atoms with Crippen LogP contribution < -0.4 is 10.1 Å². The van der Waals surface area contributed by atoms with Crippen LogP contribution in [0.15, 0.2) is 69.9 Å². The standard InChI is InChI=1S/C21H11Cl2N3O2S/c22-14-8-13(9-15(23)10-14)17-7-6-16(28-17)11-18-20(27)26-21(29-18)24-19(25-26)12-4-2-1-3-5-12/h1-11H. The summed E-state index contributed by atoms with van der Waals surface area (Å²) < 4.78 is 7.66. The third-order valence-electron chi connectivity index (χ3n) is 4.26. The molecule has 0 N–H and O–H groups in total. The number of thiazole rings is 1. The van der Waals surface area contributed by atoms with Crippen molar-refractivity contribution in [2.75, 3.05) is 0 Å². The first-order valence-corrected chi connectivity index (χ1v) is 10.2. The summed E-state index contributed by atoms with van der Waals surface area (Å²) in [5.41, 5.74) is 1.40. The summed E-state index contributed by atoms with van der Waals surface area (Å²) in [6.07, 6.45) is 1.68. The number of hydrogen-bond donors (Lipinski definition) is 0. The van der Waals surface area contributed by atoms with Crippen LogP contribution in [-0.4, -0.2) is 14.6 Å². The van der Waals surface area contributed by atoms with Gasteiger partial charge >= 0.3 is 0 Å². The maximum atomic E-state index is 12.7. The zero-order valence-electron chi connectivity index (χ0n) is 14.7. The molecule has 0 aliphatic carbocycles. The van der Waals surface area contributed by atoms with E-state index in [1.165, 1.54) is 15.9 Å². The fraction of sp³-hybridized carbons (Fsp3) is 0. The van der Waals surface area contributed by atoms with Gasteiger partial charge in [0.1, 0.15) is 16.1 Å². The lowest BCUT2D eigenvalue weighted by Crippen LogP contribution is -2.23. The molecule has 0 saturated carbocycles. The Morgan fingerprint density at radius 3 is 2.45 bits per heavy atom. The van der Waals surface area contributed by atoms with Gasteiger partial charge in [-0.1, -0.05) is 64.9 Å². The number of furan rings is 1. The van der Waals surface area contributed by atoms with E-state index in [9.17, 15) is 4.79 Å². The second kappa shape index (κ2) is 7.15. The molecule has 5 rings (SSSR count). The largest absolute Gasteiger partial charge is 0.457 e. The van der Waals surface area contributed by atoms with Gasteiger partial charge in [-0.25, -0.2) is 0 Å². The van der Waals surface area contributed by atoms with E-state index in [4.69, 9.17) is 27.6 Å². The van der Waals surface area contributed by atoms with Crippen LogP contribution in [0.2, 0.25) is 10.0 Å². The third kappa shape index (κ3) is 3.46. The van der Waals surface area contributed by atoms with E-state index in [1.54, 1.807) is 30.3 Å². The average molecular weight is 440 g/mol. The molecule has 0 bridgehead atoms. The number of benzene rings is 2. The summed E-state index contributed by atoms with van der Waals surface area (Å²) in [7, 11) is 0. The van der Waals surface area contributed by atoms with Gasteiger partial charge in [-0.2, -0.15) is 9.50 Å². The lowest BCUT2D eigenvalue weighted by Gasteiger charge is -1.99. The van der Waals surface area contributed by atoms with Crippen molar-refractivity contribution in [1.29, 1.82) is 0 Å². The summed E-state index contributed by atoms with van der Waals surface area (Å²) in [5.74, 6) is 1.68. The van der Waals surface area contributed by atoms with Crippen LogP contribution in [0, 0.1) is 0 Å². The van der Waals surface area contributed by atoms with Crippen molar-refractivity contribution in [1.82, 2.24) is 14.6 Å². The molecule has 3 heterocycles. The van der Waals surface area contributed by atoms with Crippen LogP contribution in [0.1, 0.15) is 5.76 Å². The van der Waals surface area contributed by atoms with Gasteiger partial charge in [0.05, 0.1) is 0 Å². The zero-order chi connectivity index (χ0) is 20.0. The topological polar surface area (TPSA) is 60.4 Å². The first-order valence-electron chi connectivity index (χ1n) is 8.60. The molecule has 0 fully saturated rings. The minimum absolute atomic E-state index is 0.233. The highest BCUT2D eigenvalue weighted by atomic mass is 35.5. The number of nitrogens with zero attached hydrogens (tertiary/aromatic N) is 3. The smallest absolute Gasteiger partial charge is 0.291 e. The van der Waals surface area contributed by atoms with E-state index in [0.717, 1.165) is 11.1 Å². The Labute approximate surface area is 178 Å². The van der Waals surface area contributed by atoms with Crippen molar-refractivity contribution < 1.29 is 4.42 Å². The second-order valence-electron chi connectivity index (χ2n) is 6.27. The van der Waals surface area contributed by atoms with Gasteiger partial charge in [-0.3, -0.25) is 4.79 Å². The monoisotopic (exact) mass is 439 g/mol. The lowest BCUT2D eigenvalue weighted by molar-refractivity contribution is 0.571. The molecule has 29 heavy (non-hydrogen) atoms. The van der Waals surface area contributed by atoms with Gasteiger partial charge in [0.25, 0.3) is 5.56 Å². The lowest BCUT2D eigenvalue weighted by atomic mass is 10.2. The molecular formula is C21H11Cl2N3O2S. The molecule has 8 heteroatoms. The van der Waals surface area contributed by atoms with Crippen LogP contribution in [-0.2, 0) is 0 Å². The van der Waals surface area contributed by atoms with E-state index in [1.807, 2.05) is 36.4 Å². The second-order valence-corrected chi connectivity index (χ2v) is 8.15. The number of fused-ring (bicyclic) bond motifs is 1. The Kier molecular flexibility index (Phi) is 4.47. The first kappa shape index (κ1) is 18.1. The quantitative estimate of drug-likeness (QED) is 0.399. The molecule has 0 aliphatic heterocycles. The van der Waals surface area contributed by atoms with Crippen LogP contribution in [0.4, 0.5) is 0 Å². The van der Waals surface area contributed by atoms with Crippen LogP contribution in [0.25, 0.3) is 33.7 Å². The highest BCUT2D eigenvalue weighted by molar-refractivity contribution is 7.15. The molecule has 5 aromatic rings. The molecule has 0 aliphatic rings. The van der Waals surface area contributed by atoms with Gasteiger partial charge in [0, 0.05) is 27.2 Å². The first-order chi connectivity index (χ1) is 14.1. The fourth-order valence-electron chi connectivity index (χ4n) is 2.95. The summed E-state index contributed by atoms with van der Waals surface area (Å²) in [6, 6.07) is 18.3. The molecule has 0 atom stereocenters. The zero-order valence-corrected chi connectivity index (χ0v) is 17.0. The van der Waals surface area contributed by atoms with Gasteiger partial charge < -0.3 is 4.42 Å². The Morgan fingerprint density at radius 2 is 1.72 bits per heavy atom. The van der Waals surface area contributed by atoms with Crippen LogP contribution in [0.3, 0.4) is 0 Å². The van der Waals surface area contributed by atoms with E-state index in [-0.39, 0.29) is 5.56 Å². The highest BCUT2D eigenvalue weighted by Gasteiger charge is 2.12. The predicted molar refractivity (Wildman–Crippen MR) is 116 cm³/mol. The van der Waals surface area contributed by atoms with Gasteiger partial charge in [-0.15, -0.1) is 5.10 Å². The Balaban J connectivity index is 1.53. The van der Waals surface area contributed by atoms with Gasteiger partial charge in [-0.05, 0) is 30.3 Å². The van der Waals surface area contributed by atoms with Crippen LogP contribution in [0.5, 0.6) is 0 Å². The summed E-state index contributed by atoms with van der Waals surface area (Å²) in [6.45, 7) is 0.